The van der Waals surface area contributed by atoms with E-state index in [0.717, 1.165) is 23.3 Å². The molecular weight excluding hydrogens is 264 g/mol. The number of fused-ring (bicyclic) bond motifs is 1. The minimum Gasteiger partial charge on any atom is -0.285 e. The van der Waals surface area contributed by atoms with Gasteiger partial charge in [0, 0.05) is 4.90 Å². The van der Waals surface area contributed by atoms with E-state index < -0.39 is 5.41 Å². The van der Waals surface area contributed by atoms with Gasteiger partial charge in [0.1, 0.15) is 0 Å². The van der Waals surface area contributed by atoms with Crippen molar-refractivity contribution in [2.24, 2.45) is 0 Å². The molecule has 0 bridgehead atoms. The first kappa shape index (κ1) is 13.4. The van der Waals surface area contributed by atoms with Crippen LogP contribution in [0.2, 0.25) is 0 Å². The Hall–Kier alpha value is -1.54. The molecule has 3 rings (SSSR count). The summed E-state index contributed by atoms with van der Waals surface area (Å²) in [6, 6.07) is 16.6. The third-order valence-electron chi connectivity index (χ3n) is 4.04. The highest BCUT2D eigenvalue weighted by molar-refractivity contribution is 8.14. The molecule has 1 aliphatic rings. The average Bonchev–Trinajstić information content (AvgIpc) is 2.74. The van der Waals surface area contributed by atoms with Gasteiger partial charge >= 0.3 is 0 Å². The summed E-state index contributed by atoms with van der Waals surface area (Å²) in [6.07, 6.45) is 1.87. The van der Waals surface area contributed by atoms with Gasteiger partial charge in [0.2, 0.25) is 5.12 Å². The molecule has 0 N–H and O–H groups in total. The lowest BCUT2D eigenvalue weighted by Gasteiger charge is -2.28. The van der Waals surface area contributed by atoms with Gasteiger partial charge < -0.3 is 0 Å². The molecule has 20 heavy (non-hydrogen) atoms. The van der Waals surface area contributed by atoms with E-state index in [2.05, 4.69) is 44.2 Å². The van der Waals surface area contributed by atoms with Crippen LogP contribution in [0.4, 0.5) is 0 Å². The predicted molar refractivity (Wildman–Crippen MR) is 84.2 cm³/mol. The molecule has 0 aromatic heterocycles. The van der Waals surface area contributed by atoms with E-state index in [1.807, 2.05) is 18.2 Å². The number of carbonyl (C=O) groups excluding carboxylic acids is 1. The van der Waals surface area contributed by atoms with Crippen LogP contribution in [0.25, 0.3) is 0 Å². The van der Waals surface area contributed by atoms with Crippen LogP contribution < -0.4 is 0 Å². The van der Waals surface area contributed by atoms with Crippen LogP contribution in [0.3, 0.4) is 0 Å². The fourth-order valence-corrected chi connectivity index (χ4v) is 4.30. The lowest BCUT2D eigenvalue weighted by molar-refractivity contribution is -0.114. The Morgan fingerprint density at radius 1 is 1.10 bits per heavy atom. The zero-order valence-corrected chi connectivity index (χ0v) is 12.7. The molecular formula is C18H18OS. The first-order valence-corrected chi connectivity index (χ1v) is 7.89. The van der Waals surface area contributed by atoms with Crippen molar-refractivity contribution < 1.29 is 4.79 Å². The van der Waals surface area contributed by atoms with Gasteiger partial charge in [-0.15, -0.1) is 0 Å². The fourth-order valence-electron chi connectivity index (χ4n) is 3.12. The molecule has 0 amide bonds. The number of thioether (sulfide) groups is 1. The smallest absolute Gasteiger partial charge is 0.208 e. The van der Waals surface area contributed by atoms with Gasteiger partial charge in [0.15, 0.2) is 0 Å². The largest absolute Gasteiger partial charge is 0.285 e. The van der Waals surface area contributed by atoms with Gasteiger partial charge in [-0.05, 0) is 30.5 Å². The summed E-state index contributed by atoms with van der Waals surface area (Å²) in [7, 11) is 0. The van der Waals surface area contributed by atoms with Gasteiger partial charge in [-0.2, -0.15) is 0 Å². The summed E-state index contributed by atoms with van der Waals surface area (Å²) >= 11 is 1.40. The summed E-state index contributed by atoms with van der Waals surface area (Å²) in [5, 5.41) is 0.270. The van der Waals surface area contributed by atoms with Gasteiger partial charge in [-0.1, -0.05) is 73.1 Å². The Kier molecular flexibility index (Phi) is 3.43. The number of benzene rings is 2. The lowest BCUT2D eigenvalue weighted by Crippen LogP contribution is -2.32. The number of aryl methyl sites for hydroxylation is 1. The van der Waals surface area contributed by atoms with Gasteiger partial charge in [0.05, 0.1) is 5.41 Å². The Bertz CT molecular complexity index is 648. The molecule has 0 fully saturated rings. The Morgan fingerprint density at radius 2 is 1.85 bits per heavy atom. The summed E-state index contributed by atoms with van der Waals surface area (Å²) in [5.41, 5.74) is 3.09. The SMILES string of the molecule is CCCC1(c2ccccc2)C(=O)Sc2ccc(C)cc21. The number of hydrogen-bond acceptors (Lipinski definition) is 2. The zero-order valence-electron chi connectivity index (χ0n) is 11.8. The molecule has 0 saturated heterocycles. The third kappa shape index (κ3) is 1.90. The lowest BCUT2D eigenvalue weighted by atomic mass is 9.72. The first-order chi connectivity index (χ1) is 9.68. The molecule has 0 spiro atoms. The van der Waals surface area contributed by atoms with Crippen LogP contribution >= 0.6 is 11.8 Å². The monoisotopic (exact) mass is 282 g/mol. The maximum atomic E-state index is 12.8. The maximum absolute atomic E-state index is 12.8. The van der Waals surface area contributed by atoms with Crippen molar-refractivity contribution in [3.05, 3.63) is 65.2 Å². The molecule has 1 heterocycles. The van der Waals surface area contributed by atoms with E-state index in [1.165, 1.54) is 22.9 Å². The van der Waals surface area contributed by atoms with Crippen LogP contribution in [-0.4, -0.2) is 5.12 Å². The van der Waals surface area contributed by atoms with E-state index in [4.69, 9.17) is 0 Å². The van der Waals surface area contributed by atoms with E-state index in [-0.39, 0.29) is 5.12 Å². The van der Waals surface area contributed by atoms with E-state index in [0.29, 0.717) is 0 Å². The molecule has 1 unspecified atom stereocenters. The third-order valence-corrected chi connectivity index (χ3v) is 5.15. The van der Waals surface area contributed by atoms with Gasteiger partial charge in [-0.25, -0.2) is 0 Å². The molecule has 1 nitrogen and oxygen atoms in total. The minimum atomic E-state index is -0.456. The maximum Gasteiger partial charge on any atom is 0.208 e. The molecule has 0 saturated carbocycles. The highest BCUT2D eigenvalue weighted by Crippen LogP contribution is 2.51. The highest BCUT2D eigenvalue weighted by atomic mass is 32.2. The standard InChI is InChI=1S/C18H18OS/c1-3-11-18(14-7-5-4-6-8-14)15-12-13(2)9-10-16(15)20-17(18)19/h4-10,12H,3,11H2,1-2H3. The number of rotatable bonds is 3. The van der Waals surface area contributed by atoms with E-state index >= 15 is 0 Å². The molecule has 1 atom stereocenters. The van der Waals surface area contributed by atoms with Crippen molar-refractivity contribution in [1.29, 1.82) is 0 Å². The van der Waals surface area contributed by atoms with Crippen molar-refractivity contribution in [2.75, 3.05) is 0 Å². The molecule has 102 valence electrons. The van der Waals surface area contributed by atoms with E-state index in [1.54, 1.807) is 0 Å². The summed E-state index contributed by atoms with van der Waals surface area (Å²) in [4.78, 5) is 13.9. The Balaban J connectivity index is 2.26. The Labute approximate surface area is 124 Å². The summed E-state index contributed by atoms with van der Waals surface area (Å²) in [6.45, 7) is 4.24. The van der Waals surface area contributed by atoms with Crippen molar-refractivity contribution in [3.63, 3.8) is 0 Å². The number of carbonyl (C=O) groups is 1. The van der Waals surface area contributed by atoms with Crippen LogP contribution in [0.15, 0.2) is 53.4 Å². The summed E-state index contributed by atoms with van der Waals surface area (Å²) in [5.74, 6) is 0. The fraction of sp³-hybridized carbons (Fsp3) is 0.278. The van der Waals surface area contributed by atoms with Crippen LogP contribution in [0.1, 0.15) is 36.5 Å². The number of hydrogen-bond donors (Lipinski definition) is 0. The average molecular weight is 282 g/mol. The van der Waals surface area contributed by atoms with Gasteiger partial charge in [0.25, 0.3) is 0 Å². The van der Waals surface area contributed by atoms with Crippen LogP contribution in [0.5, 0.6) is 0 Å². The van der Waals surface area contributed by atoms with Crippen LogP contribution in [-0.2, 0) is 10.2 Å². The molecule has 2 aromatic rings. The Morgan fingerprint density at radius 3 is 2.55 bits per heavy atom. The van der Waals surface area contributed by atoms with Crippen LogP contribution in [0, 0.1) is 6.92 Å². The van der Waals surface area contributed by atoms with Crippen molar-refractivity contribution >= 4 is 16.9 Å². The molecule has 0 aliphatic carbocycles. The second-order valence-electron chi connectivity index (χ2n) is 5.41. The molecule has 2 heteroatoms. The quantitative estimate of drug-likeness (QED) is 0.810. The normalized spacial score (nSPS) is 21.0. The minimum absolute atomic E-state index is 0.270. The highest BCUT2D eigenvalue weighted by Gasteiger charge is 2.47. The van der Waals surface area contributed by atoms with Crippen molar-refractivity contribution in [3.8, 4) is 0 Å². The molecule has 0 radical (unpaired) electrons. The second-order valence-corrected chi connectivity index (χ2v) is 6.43. The molecule has 2 aromatic carbocycles. The zero-order chi connectivity index (χ0) is 14.2. The predicted octanol–water partition coefficient (Wildman–Crippen LogP) is 4.71. The van der Waals surface area contributed by atoms with E-state index in [9.17, 15) is 4.79 Å². The summed E-state index contributed by atoms with van der Waals surface area (Å²) < 4.78 is 0. The molecule has 1 aliphatic heterocycles. The first-order valence-electron chi connectivity index (χ1n) is 7.07. The topological polar surface area (TPSA) is 17.1 Å². The van der Waals surface area contributed by atoms with Crippen molar-refractivity contribution in [1.82, 2.24) is 0 Å². The van der Waals surface area contributed by atoms with Gasteiger partial charge in [-0.3, -0.25) is 4.79 Å². The second kappa shape index (κ2) is 5.10. The van der Waals surface area contributed by atoms with Crippen molar-refractivity contribution in [2.45, 2.75) is 37.0 Å².